The molecule has 0 aliphatic carbocycles. The van der Waals surface area contributed by atoms with Gasteiger partial charge in [-0.25, -0.2) is 0 Å². The number of hydrogen-bond acceptors (Lipinski definition) is 4. The Balaban J connectivity index is 2.47. The standard InChI is InChI=1S/C5H9N3O2/c6-2-3-1-4(5(7)9)8-10-3/h3H,1-2,6H2,(H2,7,9). The zero-order valence-electron chi connectivity index (χ0n) is 5.41. The van der Waals surface area contributed by atoms with Crippen molar-refractivity contribution in [2.24, 2.45) is 16.6 Å². The highest BCUT2D eigenvalue weighted by molar-refractivity contribution is 6.38. The van der Waals surface area contributed by atoms with Gasteiger partial charge in [-0.3, -0.25) is 4.79 Å². The molecule has 5 nitrogen and oxygen atoms in total. The van der Waals surface area contributed by atoms with Gasteiger partial charge in [-0.2, -0.15) is 0 Å². The van der Waals surface area contributed by atoms with Crippen molar-refractivity contribution in [1.29, 1.82) is 0 Å². The Hall–Kier alpha value is -1.10. The van der Waals surface area contributed by atoms with Crippen molar-refractivity contribution in [2.75, 3.05) is 6.54 Å². The van der Waals surface area contributed by atoms with Crippen LogP contribution >= 0.6 is 0 Å². The lowest BCUT2D eigenvalue weighted by atomic mass is 10.2. The zero-order chi connectivity index (χ0) is 7.56. The van der Waals surface area contributed by atoms with Crippen LogP contribution in [0.4, 0.5) is 0 Å². The third-order valence-electron chi connectivity index (χ3n) is 1.28. The first-order chi connectivity index (χ1) is 4.74. The molecule has 1 atom stereocenters. The number of hydrogen-bond donors (Lipinski definition) is 2. The molecule has 1 amide bonds. The molecule has 0 saturated heterocycles. The summed E-state index contributed by atoms with van der Waals surface area (Å²) in [5.41, 5.74) is 10.4. The fourth-order valence-electron chi connectivity index (χ4n) is 0.700. The molecule has 1 aliphatic heterocycles. The number of oxime groups is 1. The van der Waals surface area contributed by atoms with E-state index in [-0.39, 0.29) is 11.8 Å². The minimum atomic E-state index is -0.532. The van der Waals surface area contributed by atoms with Gasteiger partial charge in [0.05, 0.1) is 0 Å². The van der Waals surface area contributed by atoms with Crippen LogP contribution in [0, 0.1) is 0 Å². The largest absolute Gasteiger partial charge is 0.390 e. The van der Waals surface area contributed by atoms with Crippen LogP contribution in [0.3, 0.4) is 0 Å². The summed E-state index contributed by atoms with van der Waals surface area (Å²) in [5.74, 6) is -0.532. The van der Waals surface area contributed by atoms with Crippen LogP contribution in [0.5, 0.6) is 0 Å². The Morgan fingerprint density at radius 3 is 2.90 bits per heavy atom. The van der Waals surface area contributed by atoms with Gasteiger partial charge in [0, 0.05) is 13.0 Å². The number of amides is 1. The van der Waals surface area contributed by atoms with Crippen molar-refractivity contribution >= 4 is 11.6 Å². The van der Waals surface area contributed by atoms with E-state index in [2.05, 4.69) is 5.16 Å². The molecular formula is C5H9N3O2. The van der Waals surface area contributed by atoms with E-state index in [9.17, 15) is 4.79 Å². The smallest absolute Gasteiger partial charge is 0.266 e. The molecule has 0 fully saturated rings. The molecule has 0 bridgehead atoms. The number of rotatable bonds is 2. The van der Waals surface area contributed by atoms with E-state index >= 15 is 0 Å². The van der Waals surface area contributed by atoms with Crippen LogP contribution in [0.15, 0.2) is 5.16 Å². The van der Waals surface area contributed by atoms with Crippen molar-refractivity contribution in [2.45, 2.75) is 12.5 Å². The Morgan fingerprint density at radius 1 is 1.90 bits per heavy atom. The monoisotopic (exact) mass is 143 g/mol. The van der Waals surface area contributed by atoms with Crippen LogP contribution in [-0.2, 0) is 9.63 Å². The highest BCUT2D eigenvalue weighted by Gasteiger charge is 2.22. The molecule has 0 aromatic carbocycles. The summed E-state index contributed by atoms with van der Waals surface area (Å²) < 4.78 is 0. The minimum Gasteiger partial charge on any atom is -0.390 e. The van der Waals surface area contributed by atoms with Gasteiger partial charge >= 0.3 is 0 Å². The van der Waals surface area contributed by atoms with E-state index in [0.717, 1.165) is 0 Å². The third-order valence-corrected chi connectivity index (χ3v) is 1.28. The molecule has 0 radical (unpaired) electrons. The summed E-state index contributed by atoms with van der Waals surface area (Å²) in [4.78, 5) is 15.2. The number of carbonyl (C=O) groups is 1. The van der Waals surface area contributed by atoms with Gasteiger partial charge < -0.3 is 16.3 Å². The maximum absolute atomic E-state index is 10.4. The molecule has 1 heterocycles. The summed E-state index contributed by atoms with van der Waals surface area (Å²) in [6, 6.07) is 0. The average Bonchev–Trinajstić information content (AvgIpc) is 2.34. The second-order valence-corrected chi connectivity index (χ2v) is 2.07. The van der Waals surface area contributed by atoms with Gasteiger partial charge in [-0.15, -0.1) is 0 Å². The summed E-state index contributed by atoms with van der Waals surface area (Å²) in [6.07, 6.45) is 0.272. The van der Waals surface area contributed by atoms with Gasteiger partial charge in [-0.1, -0.05) is 5.16 Å². The lowest BCUT2D eigenvalue weighted by Gasteiger charge is -2.00. The van der Waals surface area contributed by atoms with Crippen molar-refractivity contribution < 1.29 is 9.63 Å². The number of carbonyl (C=O) groups excluding carboxylic acids is 1. The average molecular weight is 143 g/mol. The second kappa shape index (κ2) is 2.66. The first kappa shape index (κ1) is 7.01. The lowest BCUT2D eigenvalue weighted by molar-refractivity contribution is -0.112. The summed E-state index contributed by atoms with van der Waals surface area (Å²) in [7, 11) is 0. The van der Waals surface area contributed by atoms with Gasteiger partial charge in [0.2, 0.25) is 0 Å². The van der Waals surface area contributed by atoms with Crippen LogP contribution in [0.1, 0.15) is 6.42 Å². The third kappa shape index (κ3) is 1.24. The van der Waals surface area contributed by atoms with Crippen molar-refractivity contribution in [3.05, 3.63) is 0 Å². The molecule has 0 spiro atoms. The zero-order valence-corrected chi connectivity index (χ0v) is 5.41. The van der Waals surface area contributed by atoms with Crippen molar-refractivity contribution in [1.82, 2.24) is 0 Å². The summed E-state index contributed by atoms with van der Waals surface area (Å²) >= 11 is 0. The fraction of sp³-hybridized carbons (Fsp3) is 0.600. The molecule has 0 aromatic rings. The molecule has 0 aromatic heterocycles. The number of nitrogens with two attached hydrogens (primary N) is 2. The Morgan fingerprint density at radius 2 is 2.60 bits per heavy atom. The summed E-state index contributed by atoms with van der Waals surface area (Å²) in [5, 5.41) is 3.45. The van der Waals surface area contributed by atoms with E-state index in [1.54, 1.807) is 0 Å². The molecule has 10 heavy (non-hydrogen) atoms. The molecule has 4 N–H and O–H groups in total. The van der Waals surface area contributed by atoms with Gasteiger partial charge in [0.1, 0.15) is 11.8 Å². The molecule has 5 heteroatoms. The van der Waals surface area contributed by atoms with Crippen LogP contribution < -0.4 is 11.5 Å². The predicted molar refractivity (Wildman–Crippen MR) is 35.2 cm³/mol. The molecule has 1 aliphatic rings. The highest BCUT2D eigenvalue weighted by Crippen LogP contribution is 2.07. The van der Waals surface area contributed by atoms with Gasteiger partial charge in [0.25, 0.3) is 5.91 Å². The molecule has 1 rings (SSSR count). The van der Waals surface area contributed by atoms with Crippen LogP contribution in [0.2, 0.25) is 0 Å². The predicted octanol–water partition coefficient (Wildman–Crippen LogP) is -1.42. The van der Waals surface area contributed by atoms with E-state index in [1.807, 2.05) is 0 Å². The minimum absolute atomic E-state index is 0.164. The van der Waals surface area contributed by atoms with Crippen molar-refractivity contribution in [3.63, 3.8) is 0 Å². The molecule has 56 valence electrons. The normalized spacial score (nSPS) is 23.7. The molecule has 1 unspecified atom stereocenters. The van der Waals surface area contributed by atoms with E-state index in [0.29, 0.717) is 13.0 Å². The molecule has 0 saturated carbocycles. The van der Waals surface area contributed by atoms with Gasteiger partial charge in [0.15, 0.2) is 0 Å². The van der Waals surface area contributed by atoms with Gasteiger partial charge in [-0.05, 0) is 0 Å². The molecular weight excluding hydrogens is 134 g/mol. The highest BCUT2D eigenvalue weighted by atomic mass is 16.6. The SMILES string of the molecule is NCC1CC(C(N)=O)=NO1. The quantitative estimate of drug-likeness (QED) is 0.496. The first-order valence-corrected chi connectivity index (χ1v) is 2.96. The maximum Gasteiger partial charge on any atom is 0.266 e. The topological polar surface area (TPSA) is 90.7 Å². The van der Waals surface area contributed by atoms with E-state index in [4.69, 9.17) is 16.3 Å². The van der Waals surface area contributed by atoms with Crippen LogP contribution in [-0.4, -0.2) is 24.3 Å². The first-order valence-electron chi connectivity index (χ1n) is 2.96. The maximum atomic E-state index is 10.4. The summed E-state index contributed by atoms with van der Waals surface area (Å²) in [6.45, 7) is 0.361. The van der Waals surface area contributed by atoms with E-state index < -0.39 is 5.91 Å². The van der Waals surface area contributed by atoms with Crippen molar-refractivity contribution in [3.8, 4) is 0 Å². The Labute approximate surface area is 58.0 Å². The Kier molecular flexibility index (Phi) is 1.86. The van der Waals surface area contributed by atoms with E-state index in [1.165, 1.54) is 0 Å². The number of primary amides is 1. The number of nitrogens with zero attached hydrogens (tertiary/aromatic N) is 1. The second-order valence-electron chi connectivity index (χ2n) is 2.07. The Bertz CT molecular complexity index is 178. The van der Waals surface area contributed by atoms with Crippen LogP contribution in [0.25, 0.3) is 0 Å². The lowest BCUT2D eigenvalue weighted by Crippen LogP contribution is -2.26. The fourth-order valence-corrected chi connectivity index (χ4v) is 0.700.